The number of aliphatic carboxylic acids is 1. The molecule has 0 bridgehead atoms. The van der Waals surface area contributed by atoms with Gasteiger partial charge in [0, 0.05) is 11.0 Å². The summed E-state index contributed by atoms with van der Waals surface area (Å²) in [6.07, 6.45) is 2.30. The molecule has 9 nitrogen and oxygen atoms in total. The van der Waals surface area contributed by atoms with Crippen LogP contribution in [-0.2, 0) is 16.1 Å². The molecule has 1 aromatic heterocycles. The molecule has 1 aromatic rings. The minimum absolute atomic E-state index is 0.0402. The minimum Gasteiger partial charge on any atom is -0.477 e. The molecule has 0 spiro atoms. The van der Waals surface area contributed by atoms with Gasteiger partial charge in [0.1, 0.15) is 5.70 Å². The second kappa shape index (κ2) is 6.59. The number of β-lactam (4-membered cyclic amide) rings is 1. The van der Waals surface area contributed by atoms with Crippen LogP contribution in [0.4, 0.5) is 0 Å². The average Bonchev–Trinajstić information content (AvgIpc) is 2.96. The molecule has 1 amide bonds. The first kappa shape index (κ1) is 15.8. The van der Waals surface area contributed by atoms with Crippen molar-refractivity contribution < 1.29 is 14.7 Å². The number of nitrogens with zero attached hydrogens (tertiary/aromatic N) is 6. The summed E-state index contributed by atoms with van der Waals surface area (Å²) in [6.45, 7) is 0.421. The van der Waals surface area contributed by atoms with E-state index in [9.17, 15) is 14.7 Å². The zero-order valence-corrected chi connectivity index (χ0v) is 13.5. The number of aromatic nitrogens is 4. The van der Waals surface area contributed by atoms with Crippen molar-refractivity contribution in [2.24, 2.45) is 0 Å². The molecule has 0 saturated carbocycles. The third kappa shape index (κ3) is 3.18. The Morgan fingerprint density at radius 1 is 1.61 bits per heavy atom. The Balaban J connectivity index is 1.66. The van der Waals surface area contributed by atoms with Crippen LogP contribution in [0.25, 0.3) is 0 Å². The summed E-state index contributed by atoms with van der Waals surface area (Å²) >= 11 is 2.97. The molecule has 1 unspecified atom stereocenters. The van der Waals surface area contributed by atoms with Crippen LogP contribution in [0.15, 0.2) is 16.9 Å². The second-order valence-electron chi connectivity index (χ2n) is 4.86. The molecule has 2 aliphatic heterocycles. The number of amides is 1. The molecule has 0 aromatic carbocycles. The number of carbonyl (C=O) groups is 2. The fourth-order valence-corrected chi connectivity index (χ4v) is 4.80. The zero-order chi connectivity index (χ0) is 16.4. The number of aryl methyl sites for hydroxylation is 1. The SMILES string of the molecule is N#CCCn1nnnc1SCC1C=C(C(=O)O)N2C(=O)C[C@H]2S1. The Morgan fingerprint density at radius 2 is 2.43 bits per heavy atom. The van der Waals surface area contributed by atoms with E-state index in [0.29, 0.717) is 30.3 Å². The fraction of sp³-hybridized carbons (Fsp3) is 0.500. The molecular weight excluding hydrogens is 340 g/mol. The lowest BCUT2D eigenvalue weighted by Gasteiger charge is -2.44. The summed E-state index contributed by atoms with van der Waals surface area (Å²) < 4.78 is 1.56. The summed E-state index contributed by atoms with van der Waals surface area (Å²) in [5.41, 5.74) is 0.0553. The number of tetrazole rings is 1. The monoisotopic (exact) mass is 352 g/mol. The highest BCUT2D eigenvalue weighted by Gasteiger charge is 2.45. The van der Waals surface area contributed by atoms with Gasteiger partial charge < -0.3 is 5.11 Å². The maximum absolute atomic E-state index is 11.5. The quantitative estimate of drug-likeness (QED) is 0.569. The van der Waals surface area contributed by atoms with Gasteiger partial charge in [0.2, 0.25) is 11.1 Å². The van der Waals surface area contributed by atoms with E-state index >= 15 is 0 Å². The minimum atomic E-state index is -1.09. The molecule has 0 radical (unpaired) electrons. The Morgan fingerprint density at radius 3 is 3.13 bits per heavy atom. The number of carbonyl (C=O) groups excluding carboxylic acids is 1. The summed E-state index contributed by atoms with van der Waals surface area (Å²) in [5.74, 6) is -0.646. The van der Waals surface area contributed by atoms with E-state index in [1.807, 2.05) is 6.07 Å². The van der Waals surface area contributed by atoms with Crippen LogP contribution in [0.1, 0.15) is 12.8 Å². The van der Waals surface area contributed by atoms with Gasteiger partial charge in [0.25, 0.3) is 0 Å². The van der Waals surface area contributed by atoms with Crippen LogP contribution in [0, 0.1) is 11.3 Å². The van der Waals surface area contributed by atoms with Crippen molar-refractivity contribution in [3.63, 3.8) is 0 Å². The second-order valence-corrected chi connectivity index (χ2v) is 7.27. The van der Waals surface area contributed by atoms with E-state index in [-0.39, 0.29) is 22.2 Å². The van der Waals surface area contributed by atoms with Gasteiger partial charge in [-0.1, -0.05) is 11.8 Å². The third-order valence-corrected chi connectivity index (χ3v) is 6.00. The Hall–Kier alpha value is -2.06. The van der Waals surface area contributed by atoms with E-state index in [0.717, 1.165) is 0 Å². The highest BCUT2D eigenvalue weighted by atomic mass is 32.2. The number of hydrogen-bond acceptors (Lipinski definition) is 8. The lowest BCUT2D eigenvalue weighted by Crippen LogP contribution is -2.54. The number of carboxylic acid groups (broad SMARTS) is 1. The normalized spacial score (nSPS) is 22.8. The molecule has 3 heterocycles. The number of carboxylic acids is 1. The highest BCUT2D eigenvalue weighted by molar-refractivity contribution is 8.03. The van der Waals surface area contributed by atoms with Crippen LogP contribution in [0.5, 0.6) is 0 Å². The Kier molecular flexibility index (Phi) is 4.53. The molecule has 1 fully saturated rings. The standard InChI is InChI=1S/C12H12N6O3S2/c13-2-1-3-17-12(14-15-16-17)22-6-7-4-8(11(20)21)18-9(19)5-10(18)23-7/h4,7,10H,1,3,5-6H2,(H,20,21)/t7?,10-/m1/s1. The average molecular weight is 352 g/mol. The maximum atomic E-state index is 11.5. The van der Waals surface area contributed by atoms with Gasteiger partial charge in [0.15, 0.2) is 0 Å². The van der Waals surface area contributed by atoms with Crippen LogP contribution in [0.3, 0.4) is 0 Å². The smallest absolute Gasteiger partial charge is 0.352 e. The number of rotatable bonds is 6. The Labute approximate surface area is 139 Å². The van der Waals surface area contributed by atoms with Gasteiger partial charge in [-0.2, -0.15) is 5.26 Å². The van der Waals surface area contributed by atoms with Gasteiger partial charge in [-0.25, -0.2) is 9.48 Å². The Bertz CT molecular complexity index is 712. The first-order chi connectivity index (χ1) is 11.1. The molecular formula is C12H12N6O3S2. The van der Waals surface area contributed by atoms with Gasteiger partial charge >= 0.3 is 5.97 Å². The van der Waals surface area contributed by atoms with E-state index in [1.165, 1.54) is 16.7 Å². The van der Waals surface area contributed by atoms with Crippen molar-refractivity contribution in [2.45, 2.75) is 35.2 Å². The van der Waals surface area contributed by atoms with E-state index < -0.39 is 5.97 Å². The lowest BCUT2D eigenvalue weighted by atomic mass is 10.1. The molecule has 1 N–H and O–H groups in total. The molecule has 1 saturated heterocycles. The van der Waals surface area contributed by atoms with Crippen LogP contribution in [-0.4, -0.2) is 58.5 Å². The molecule has 0 aliphatic carbocycles. The van der Waals surface area contributed by atoms with Gasteiger partial charge in [0.05, 0.1) is 30.8 Å². The van der Waals surface area contributed by atoms with Crippen molar-refractivity contribution in [2.75, 3.05) is 5.75 Å². The van der Waals surface area contributed by atoms with E-state index in [2.05, 4.69) is 15.5 Å². The van der Waals surface area contributed by atoms with Crippen molar-refractivity contribution in [3.8, 4) is 6.07 Å². The first-order valence-electron chi connectivity index (χ1n) is 6.78. The van der Waals surface area contributed by atoms with E-state index in [1.54, 1.807) is 22.5 Å². The van der Waals surface area contributed by atoms with E-state index in [4.69, 9.17) is 5.26 Å². The largest absolute Gasteiger partial charge is 0.477 e. The van der Waals surface area contributed by atoms with Crippen LogP contribution < -0.4 is 0 Å². The summed E-state index contributed by atoms with van der Waals surface area (Å²) in [7, 11) is 0. The summed E-state index contributed by atoms with van der Waals surface area (Å²) in [4.78, 5) is 24.2. The number of nitriles is 1. The topological polar surface area (TPSA) is 125 Å². The number of thioether (sulfide) groups is 2. The number of fused-ring (bicyclic) bond motifs is 1. The van der Waals surface area contributed by atoms with Gasteiger partial charge in [-0.05, 0) is 16.5 Å². The fourth-order valence-electron chi connectivity index (χ4n) is 2.30. The molecule has 11 heteroatoms. The zero-order valence-electron chi connectivity index (χ0n) is 11.8. The van der Waals surface area contributed by atoms with Crippen molar-refractivity contribution >= 4 is 35.4 Å². The van der Waals surface area contributed by atoms with Crippen LogP contribution >= 0.6 is 23.5 Å². The molecule has 2 atom stereocenters. The van der Waals surface area contributed by atoms with Gasteiger partial charge in [-0.3, -0.25) is 9.69 Å². The first-order valence-corrected chi connectivity index (χ1v) is 8.71. The lowest BCUT2D eigenvalue weighted by molar-refractivity contribution is -0.146. The predicted molar refractivity (Wildman–Crippen MR) is 81.1 cm³/mol. The maximum Gasteiger partial charge on any atom is 0.352 e. The van der Waals surface area contributed by atoms with Crippen molar-refractivity contribution in [1.29, 1.82) is 5.26 Å². The summed E-state index contributed by atoms with van der Waals surface area (Å²) in [6, 6.07) is 2.04. The number of hydrogen-bond donors (Lipinski definition) is 1. The molecule has 23 heavy (non-hydrogen) atoms. The molecule has 120 valence electrons. The predicted octanol–water partition coefficient (Wildman–Crippen LogP) is 0.321. The summed E-state index contributed by atoms with van der Waals surface area (Å²) in [5, 5.41) is 29.6. The van der Waals surface area contributed by atoms with Gasteiger partial charge in [-0.15, -0.1) is 16.9 Å². The highest BCUT2D eigenvalue weighted by Crippen LogP contribution is 2.41. The van der Waals surface area contributed by atoms with Crippen molar-refractivity contribution in [1.82, 2.24) is 25.1 Å². The van der Waals surface area contributed by atoms with Crippen molar-refractivity contribution in [3.05, 3.63) is 11.8 Å². The van der Waals surface area contributed by atoms with Crippen LogP contribution in [0.2, 0.25) is 0 Å². The molecule has 3 rings (SSSR count). The third-order valence-electron chi connectivity index (χ3n) is 3.37. The molecule has 2 aliphatic rings.